The van der Waals surface area contributed by atoms with Crippen molar-refractivity contribution in [2.24, 2.45) is 5.41 Å². The quantitative estimate of drug-likeness (QED) is 0.338. The molecule has 1 saturated heterocycles. The molecule has 2 aliphatic rings. The number of piperidine rings is 1. The van der Waals surface area contributed by atoms with E-state index in [1.165, 1.54) is 4.31 Å². The third-order valence-corrected chi connectivity index (χ3v) is 11.2. The van der Waals surface area contributed by atoms with E-state index in [2.05, 4.69) is 0 Å². The fourth-order valence-corrected chi connectivity index (χ4v) is 7.94. The number of sulfonamides is 1. The Kier molecular flexibility index (Phi) is 9.01. The molecule has 0 radical (unpaired) electrons. The molecule has 0 unspecified atom stereocenters. The number of carboxylic acids is 1. The van der Waals surface area contributed by atoms with Crippen LogP contribution in [0.2, 0.25) is 10.0 Å². The van der Waals surface area contributed by atoms with Gasteiger partial charge in [-0.2, -0.15) is 0 Å². The van der Waals surface area contributed by atoms with Crippen LogP contribution in [-0.4, -0.2) is 59.5 Å². The molecule has 2 aromatic carbocycles. The number of carbonyl (C=O) groups is 2. The van der Waals surface area contributed by atoms with Crippen LogP contribution in [0.25, 0.3) is 0 Å². The molecule has 0 bridgehead atoms. The van der Waals surface area contributed by atoms with E-state index in [9.17, 15) is 23.1 Å². The molecule has 39 heavy (non-hydrogen) atoms. The lowest BCUT2D eigenvalue weighted by atomic mass is 9.65. The second-order valence-corrected chi connectivity index (χ2v) is 14.1. The summed E-state index contributed by atoms with van der Waals surface area (Å²) in [7, 11) is -1.90. The number of amides is 1. The van der Waals surface area contributed by atoms with Crippen LogP contribution in [0.4, 0.5) is 0 Å². The van der Waals surface area contributed by atoms with E-state index in [0.29, 0.717) is 42.1 Å². The zero-order chi connectivity index (χ0) is 28.5. The van der Waals surface area contributed by atoms with Crippen molar-refractivity contribution < 1.29 is 23.1 Å². The Morgan fingerprint density at radius 3 is 2.31 bits per heavy atom. The van der Waals surface area contributed by atoms with Crippen molar-refractivity contribution >= 4 is 45.1 Å². The fourth-order valence-electron chi connectivity index (χ4n) is 5.99. The average molecular weight is 596 g/mol. The third kappa shape index (κ3) is 6.14. The molecule has 1 amide bonds. The van der Waals surface area contributed by atoms with Crippen molar-refractivity contribution in [2.75, 3.05) is 13.6 Å². The predicted molar refractivity (Wildman–Crippen MR) is 153 cm³/mol. The van der Waals surface area contributed by atoms with E-state index >= 15 is 0 Å². The predicted octanol–water partition coefficient (Wildman–Crippen LogP) is 6.12. The zero-order valence-electron chi connectivity index (χ0n) is 22.5. The van der Waals surface area contributed by atoms with Crippen molar-refractivity contribution in [1.82, 2.24) is 9.21 Å². The Hall–Kier alpha value is -2.13. The molecule has 1 saturated carbocycles. The minimum atomic E-state index is -3.47. The molecule has 2 fully saturated rings. The molecule has 4 atom stereocenters. The highest BCUT2D eigenvalue weighted by Crippen LogP contribution is 2.53. The number of halogens is 2. The number of hydrogen-bond acceptors (Lipinski definition) is 4. The molecule has 1 N–H and O–H groups in total. The molecule has 2 aromatic rings. The van der Waals surface area contributed by atoms with Gasteiger partial charge < -0.3 is 10.0 Å². The van der Waals surface area contributed by atoms with Gasteiger partial charge in [0.25, 0.3) is 0 Å². The van der Waals surface area contributed by atoms with Gasteiger partial charge in [-0.25, -0.2) is 12.7 Å². The molecular formula is C29H36Cl2N2O5S. The van der Waals surface area contributed by atoms with Crippen molar-refractivity contribution in [2.45, 2.75) is 75.6 Å². The molecular weight excluding hydrogens is 559 g/mol. The third-order valence-electron chi connectivity index (χ3n) is 8.35. The van der Waals surface area contributed by atoms with Crippen molar-refractivity contribution in [3.63, 3.8) is 0 Å². The maximum atomic E-state index is 14.5. The first-order chi connectivity index (χ1) is 18.4. The number of benzene rings is 2. The SMILES string of the molecule is CC[C@@H](CN(C)S(=O)(=O)C1CC1)N1C(=O)[C@@](CC)(CC(=O)O)C[C@H](c2cccc(Cl)c2)[C@H]1c1ccc(Cl)cc1. The largest absolute Gasteiger partial charge is 0.481 e. The van der Waals surface area contributed by atoms with Gasteiger partial charge in [-0.05, 0) is 67.5 Å². The second-order valence-electron chi connectivity index (χ2n) is 10.9. The van der Waals surface area contributed by atoms with Crippen molar-refractivity contribution in [3.8, 4) is 0 Å². The van der Waals surface area contributed by atoms with Gasteiger partial charge >= 0.3 is 5.97 Å². The van der Waals surface area contributed by atoms with Crippen LogP contribution in [0.5, 0.6) is 0 Å². The molecule has 0 aromatic heterocycles. The number of carboxylic acid groups (broad SMARTS) is 1. The highest BCUT2D eigenvalue weighted by Gasteiger charge is 2.54. The summed E-state index contributed by atoms with van der Waals surface area (Å²) < 4.78 is 27.5. The average Bonchev–Trinajstić information content (AvgIpc) is 3.75. The van der Waals surface area contributed by atoms with Crippen LogP contribution in [-0.2, 0) is 19.6 Å². The first-order valence-electron chi connectivity index (χ1n) is 13.4. The molecule has 4 rings (SSSR count). The molecule has 1 heterocycles. The fraction of sp³-hybridized carbons (Fsp3) is 0.517. The number of nitrogens with zero attached hydrogens (tertiary/aromatic N) is 2. The van der Waals surface area contributed by atoms with Gasteiger partial charge in [0.1, 0.15) is 0 Å². The van der Waals surface area contributed by atoms with Crippen LogP contribution in [0.3, 0.4) is 0 Å². The summed E-state index contributed by atoms with van der Waals surface area (Å²) in [4.78, 5) is 28.4. The highest BCUT2D eigenvalue weighted by atomic mass is 35.5. The van der Waals surface area contributed by atoms with Crippen LogP contribution >= 0.6 is 23.2 Å². The van der Waals surface area contributed by atoms with Gasteiger partial charge in [0.2, 0.25) is 15.9 Å². The van der Waals surface area contributed by atoms with Crippen LogP contribution in [0.15, 0.2) is 48.5 Å². The Morgan fingerprint density at radius 2 is 1.77 bits per heavy atom. The van der Waals surface area contributed by atoms with Gasteiger partial charge in [0, 0.05) is 35.6 Å². The molecule has 10 heteroatoms. The van der Waals surface area contributed by atoms with Gasteiger partial charge in [-0.15, -0.1) is 0 Å². The topological polar surface area (TPSA) is 95.0 Å². The van der Waals surface area contributed by atoms with Gasteiger partial charge in [0.05, 0.1) is 23.1 Å². The first-order valence-corrected chi connectivity index (χ1v) is 15.7. The summed E-state index contributed by atoms with van der Waals surface area (Å²) in [5.74, 6) is -1.57. The monoisotopic (exact) mass is 594 g/mol. The van der Waals surface area contributed by atoms with E-state index in [0.717, 1.165) is 11.1 Å². The Morgan fingerprint density at radius 1 is 1.10 bits per heavy atom. The van der Waals surface area contributed by atoms with Crippen molar-refractivity contribution in [3.05, 3.63) is 69.7 Å². The van der Waals surface area contributed by atoms with Gasteiger partial charge in [0.15, 0.2) is 0 Å². The molecule has 0 spiro atoms. The van der Waals surface area contributed by atoms with Crippen molar-refractivity contribution in [1.29, 1.82) is 0 Å². The van der Waals surface area contributed by atoms with Crippen LogP contribution in [0.1, 0.15) is 75.5 Å². The number of rotatable bonds is 11. The summed E-state index contributed by atoms with van der Waals surface area (Å²) in [5, 5.41) is 10.6. The number of likely N-dealkylation sites (tertiary alicyclic amines) is 1. The standard InChI is InChI=1S/C29H36Cl2N2O5S/c1-4-23(18-32(3)39(37,38)24-13-14-24)33-27(19-9-11-21(30)12-10-19)25(20-7-6-8-22(31)15-20)16-29(5-2,28(33)36)17-26(34)35/h6-12,15,23-25,27H,4-5,13-14,16-18H2,1-3H3,(H,34,35)/t23-,25+,27+,29+/m0/s1. The lowest BCUT2D eigenvalue weighted by Crippen LogP contribution is -2.59. The van der Waals surface area contributed by atoms with Crippen LogP contribution < -0.4 is 0 Å². The minimum absolute atomic E-state index is 0.125. The second kappa shape index (κ2) is 11.8. The highest BCUT2D eigenvalue weighted by molar-refractivity contribution is 7.90. The smallest absolute Gasteiger partial charge is 0.304 e. The minimum Gasteiger partial charge on any atom is -0.481 e. The van der Waals surface area contributed by atoms with E-state index in [1.807, 2.05) is 44.2 Å². The van der Waals surface area contributed by atoms with Gasteiger partial charge in [-0.1, -0.05) is 61.3 Å². The van der Waals surface area contributed by atoms with E-state index < -0.39 is 33.5 Å². The summed E-state index contributed by atoms with van der Waals surface area (Å²) in [6.07, 6.45) is 2.14. The van der Waals surface area contributed by atoms with Crippen LogP contribution in [0, 0.1) is 5.41 Å². The van der Waals surface area contributed by atoms with Gasteiger partial charge in [-0.3, -0.25) is 9.59 Å². The summed E-state index contributed by atoms with van der Waals surface area (Å²) >= 11 is 12.6. The van der Waals surface area contributed by atoms with E-state index in [4.69, 9.17) is 23.2 Å². The normalized spacial score (nSPS) is 24.7. The summed E-state index contributed by atoms with van der Waals surface area (Å²) in [5.41, 5.74) is 0.601. The summed E-state index contributed by atoms with van der Waals surface area (Å²) in [6.45, 7) is 3.91. The molecule has 1 aliphatic carbocycles. The maximum Gasteiger partial charge on any atom is 0.304 e. The van der Waals surface area contributed by atoms with E-state index in [1.54, 1.807) is 30.1 Å². The molecule has 1 aliphatic heterocycles. The summed E-state index contributed by atoms with van der Waals surface area (Å²) in [6, 6.07) is 13.9. The van der Waals surface area contributed by atoms with E-state index in [-0.39, 0.29) is 30.0 Å². The molecule has 212 valence electrons. The maximum absolute atomic E-state index is 14.5. The lowest BCUT2D eigenvalue weighted by molar-refractivity contribution is -0.162. The number of aliphatic carboxylic acids is 1. The Balaban J connectivity index is 1.89. The molecule has 7 nitrogen and oxygen atoms in total. The lowest BCUT2D eigenvalue weighted by Gasteiger charge is -2.53. The Labute approximate surface area is 241 Å². The Bertz CT molecular complexity index is 1320. The number of hydrogen-bond donors (Lipinski definition) is 1. The first kappa shape index (κ1) is 29.8. The number of likely N-dealkylation sites (N-methyl/N-ethyl adjacent to an activating group) is 1. The zero-order valence-corrected chi connectivity index (χ0v) is 24.8. The number of carbonyl (C=O) groups excluding carboxylic acids is 1.